The Hall–Kier alpha value is -3.02. The number of hydrogen-bond acceptors (Lipinski definition) is 3. The highest BCUT2D eigenvalue weighted by molar-refractivity contribution is 5.91. The number of nitrogens with zero attached hydrogens (tertiary/aromatic N) is 1. The van der Waals surface area contributed by atoms with Crippen molar-refractivity contribution in [2.75, 3.05) is 25.5 Å². The average Bonchev–Trinajstić information content (AvgIpc) is 2.74. The van der Waals surface area contributed by atoms with Crippen LogP contribution in [0.1, 0.15) is 24.0 Å². The summed E-state index contributed by atoms with van der Waals surface area (Å²) in [5.41, 5.74) is 2.78. The van der Waals surface area contributed by atoms with Gasteiger partial charge < -0.3 is 20.3 Å². The topological polar surface area (TPSA) is 70.7 Å². The highest BCUT2D eigenvalue weighted by atomic mass is 16.5. The van der Waals surface area contributed by atoms with E-state index in [1.807, 2.05) is 55.5 Å². The fourth-order valence-corrected chi connectivity index (χ4v) is 3.33. The first-order valence-corrected chi connectivity index (χ1v) is 9.61. The van der Waals surface area contributed by atoms with Crippen LogP contribution in [0.25, 0.3) is 0 Å². The molecule has 148 valence electrons. The van der Waals surface area contributed by atoms with Crippen LogP contribution < -0.4 is 15.4 Å². The summed E-state index contributed by atoms with van der Waals surface area (Å²) in [5.74, 6) is 0.686. The Morgan fingerprint density at radius 1 is 1.11 bits per heavy atom. The Morgan fingerprint density at radius 2 is 1.82 bits per heavy atom. The van der Waals surface area contributed by atoms with Crippen LogP contribution >= 0.6 is 0 Å². The van der Waals surface area contributed by atoms with Crippen molar-refractivity contribution < 1.29 is 14.3 Å². The molecule has 3 rings (SSSR count). The molecule has 0 unspecified atom stereocenters. The van der Waals surface area contributed by atoms with E-state index < -0.39 is 0 Å². The number of likely N-dealkylation sites (tertiary alicyclic amines) is 1. The van der Waals surface area contributed by atoms with E-state index in [4.69, 9.17) is 4.74 Å². The molecule has 1 aliphatic rings. The summed E-state index contributed by atoms with van der Waals surface area (Å²) in [7, 11) is 1.65. The van der Waals surface area contributed by atoms with Crippen molar-refractivity contribution in [3.05, 3.63) is 59.7 Å². The Bertz CT molecular complexity index is 815. The smallest absolute Gasteiger partial charge is 0.321 e. The molecule has 0 aromatic heterocycles. The van der Waals surface area contributed by atoms with Gasteiger partial charge in [-0.3, -0.25) is 4.79 Å². The molecule has 0 spiro atoms. The highest BCUT2D eigenvalue weighted by Crippen LogP contribution is 2.28. The molecule has 1 aliphatic heterocycles. The second-order valence-electron chi connectivity index (χ2n) is 7.08. The molecule has 0 radical (unpaired) electrons. The van der Waals surface area contributed by atoms with Crippen molar-refractivity contribution in [3.63, 3.8) is 0 Å². The highest BCUT2D eigenvalue weighted by Gasteiger charge is 2.27. The Labute approximate surface area is 165 Å². The molecule has 1 saturated heterocycles. The van der Waals surface area contributed by atoms with Gasteiger partial charge in [0.15, 0.2) is 0 Å². The van der Waals surface area contributed by atoms with Crippen molar-refractivity contribution in [1.29, 1.82) is 0 Å². The van der Waals surface area contributed by atoms with Crippen molar-refractivity contribution in [1.82, 2.24) is 10.2 Å². The summed E-state index contributed by atoms with van der Waals surface area (Å²) in [6.07, 6.45) is 1.36. The van der Waals surface area contributed by atoms with Gasteiger partial charge in [-0.2, -0.15) is 0 Å². The molecule has 2 aromatic carbocycles. The molecular formula is C22H27N3O3. The number of ether oxygens (including phenoxy) is 1. The number of hydrogen-bond donors (Lipinski definition) is 2. The molecule has 6 nitrogen and oxygen atoms in total. The zero-order valence-electron chi connectivity index (χ0n) is 16.4. The molecule has 0 aliphatic carbocycles. The van der Waals surface area contributed by atoms with Gasteiger partial charge in [-0.1, -0.05) is 36.4 Å². The van der Waals surface area contributed by atoms with Gasteiger partial charge >= 0.3 is 6.03 Å². The van der Waals surface area contributed by atoms with Crippen LogP contribution in [0.3, 0.4) is 0 Å². The number of anilines is 1. The number of aryl methyl sites for hydroxylation is 1. The van der Waals surface area contributed by atoms with Gasteiger partial charge in [-0.05, 0) is 43.0 Å². The van der Waals surface area contributed by atoms with E-state index in [1.54, 1.807) is 11.9 Å². The van der Waals surface area contributed by atoms with E-state index in [-0.39, 0.29) is 17.9 Å². The molecule has 1 fully saturated rings. The summed E-state index contributed by atoms with van der Waals surface area (Å²) in [6, 6.07) is 15.5. The lowest BCUT2D eigenvalue weighted by Gasteiger charge is -2.31. The van der Waals surface area contributed by atoms with Gasteiger partial charge in [0, 0.05) is 26.1 Å². The number of carbonyl (C=O) groups excluding carboxylic acids is 2. The fourth-order valence-electron chi connectivity index (χ4n) is 3.33. The summed E-state index contributed by atoms with van der Waals surface area (Å²) < 4.78 is 5.97. The Morgan fingerprint density at radius 3 is 2.50 bits per heavy atom. The molecule has 2 aromatic rings. The predicted octanol–water partition coefficient (Wildman–Crippen LogP) is 3.56. The van der Waals surface area contributed by atoms with Crippen LogP contribution in [0.15, 0.2) is 48.5 Å². The zero-order valence-corrected chi connectivity index (χ0v) is 16.4. The zero-order chi connectivity index (χ0) is 19.9. The van der Waals surface area contributed by atoms with Crippen LogP contribution in [0.5, 0.6) is 5.75 Å². The minimum Gasteiger partial charge on any atom is -0.487 e. The summed E-state index contributed by atoms with van der Waals surface area (Å²) in [6.45, 7) is 3.56. The van der Waals surface area contributed by atoms with Crippen molar-refractivity contribution in [3.8, 4) is 5.75 Å². The summed E-state index contributed by atoms with van der Waals surface area (Å²) in [4.78, 5) is 26.2. The first-order valence-electron chi connectivity index (χ1n) is 9.61. The van der Waals surface area contributed by atoms with Gasteiger partial charge in [0.1, 0.15) is 12.4 Å². The van der Waals surface area contributed by atoms with E-state index >= 15 is 0 Å². The van der Waals surface area contributed by atoms with Crippen molar-refractivity contribution in [2.24, 2.45) is 5.92 Å². The van der Waals surface area contributed by atoms with Gasteiger partial charge in [-0.15, -0.1) is 0 Å². The molecule has 2 N–H and O–H groups in total. The molecular weight excluding hydrogens is 354 g/mol. The normalized spacial score (nSPS) is 14.4. The monoisotopic (exact) mass is 381 g/mol. The quantitative estimate of drug-likeness (QED) is 0.832. The second-order valence-corrected chi connectivity index (χ2v) is 7.08. The lowest BCUT2D eigenvalue weighted by atomic mass is 9.96. The maximum Gasteiger partial charge on any atom is 0.321 e. The molecule has 3 amide bonds. The van der Waals surface area contributed by atoms with Crippen LogP contribution in [0, 0.1) is 12.8 Å². The summed E-state index contributed by atoms with van der Waals surface area (Å²) in [5, 5.41) is 5.65. The van der Waals surface area contributed by atoms with E-state index in [0.717, 1.165) is 11.1 Å². The van der Waals surface area contributed by atoms with Crippen LogP contribution in [-0.2, 0) is 11.4 Å². The van der Waals surface area contributed by atoms with Gasteiger partial charge in [0.05, 0.1) is 5.69 Å². The van der Waals surface area contributed by atoms with Gasteiger partial charge in [0.2, 0.25) is 5.91 Å². The third kappa shape index (κ3) is 5.03. The number of nitrogens with one attached hydrogen (secondary N) is 2. The lowest BCUT2D eigenvalue weighted by molar-refractivity contribution is -0.125. The number of rotatable bonds is 5. The minimum absolute atomic E-state index is 0.0156. The van der Waals surface area contributed by atoms with Crippen molar-refractivity contribution in [2.45, 2.75) is 26.4 Å². The standard InChI is InChI=1S/C22H27N3O3/c1-16-8-9-19(20(14-16)28-15-17-6-4-3-5-7-17)24-22(27)25-12-10-18(11-13-25)21(26)23-2/h3-9,14,18H,10-13,15H2,1-2H3,(H,23,26)(H,24,27). The van der Waals surface area contributed by atoms with Crippen LogP contribution in [0.2, 0.25) is 0 Å². The van der Waals surface area contributed by atoms with Gasteiger partial charge in [-0.25, -0.2) is 4.79 Å². The maximum atomic E-state index is 12.7. The van der Waals surface area contributed by atoms with E-state index in [1.165, 1.54) is 0 Å². The predicted molar refractivity (Wildman–Crippen MR) is 109 cm³/mol. The number of urea groups is 1. The van der Waals surface area contributed by atoms with Crippen molar-refractivity contribution >= 4 is 17.6 Å². The second kappa shape index (κ2) is 9.26. The maximum absolute atomic E-state index is 12.7. The van der Waals surface area contributed by atoms with E-state index in [9.17, 15) is 9.59 Å². The van der Waals surface area contributed by atoms with Crippen LogP contribution in [-0.4, -0.2) is 37.0 Å². The molecule has 1 heterocycles. The number of amides is 3. The number of carbonyl (C=O) groups is 2. The molecule has 28 heavy (non-hydrogen) atoms. The average molecular weight is 381 g/mol. The first-order chi connectivity index (χ1) is 13.6. The van der Waals surface area contributed by atoms with E-state index in [2.05, 4.69) is 10.6 Å². The Balaban J connectivity index is 1.62. The minimum atomic E-state index is -0.163. The molecule has 0 bridgehead atoms. The third-order valence-corrected chi connectivity index (χ3v) is 5.02. The summed E-state index contributed by atoms with van der Waals surface area (Å²) >= 11 is 0. The lowest BCUT2D eigenvalue weighted by Crippen LogP contribution is -2.44. The largest absolute Gasteiger partial charge is 0.487 e. The first kappa shape index (κ1) is 19.7. The van der Waals surface area contributed by atoms with Crippen LogP contribution in [0.4, 0.5) is 10.5 Å². The molecule has 0 atom stereocenters. The molecule has 0 saturated carbocycles. The van der Waals surface area contributed by atoms with E-state index in [0.29, 0.717) is 44.0 Å². The molecule has 6 heteroatoms. The number of benzene rings is 2. The SMILES string of the molecule is CNC(=O)C1CCN(C(=O)Nc2ccc(C)cc2OCc2ccccc2)CC1. The fraction of sp³-hybridized carbons (Fsp3) is 0.364. The third-order valence-electron chi connectivity index (χ3n) is 5.02. The number of piperidine rings is 1. The Kier molecular flexibility index (Phi) is 6.53. The van der Waals surface area contributed by atoms with Gasteiger partial charge in [0.25, 0.3) is 0 Å².